The minimum absolute atomic E-state index is 0.218. The molecular formula is C44H38N2. The highest BCUT2D eigenvalue weighted by Crippen LogP contribution is 2.50. The van der Waals surface area contributed by atoms with Crippen LogP contribution in [0, 0.1) is 12.8 Å². The maximum absolute atomic E-state index is 2.59. The van der Waals surface area contributed by atoms with Crippen LogP contribution >= 0.6 is 0 Å². The molecule has 0 fully saturated rings. The average Bonchev–Trinajstić information content (AvgIpc) is 3.11. The molecule has 0 bridgehead atoms. The van der Waals surface area contributed by atoms with Crippen molar-refractivity contribution in [1.82, 2.24) is 0 Å². The first-order valence-electron chi connectivity index (χ1n) is 16.4. The molecule has 0 heterocycles. The van der Waals surface area contributed by atoms with Crippen molar-refractivity contribution in [3.63, 3.8) is 0 Å². The predicted octanol–water partition coefficient (Wildman–Crippen LogP) is 11.6. The summed E-state index contributed by atoms with van der Waals surface area (Å²) in [5.74, 6) is 0.437. The quantitative estimate of drug-likeness (QED) is 0.193. The number of benzene rings is 5. The molecule has 3 atom stereocenters. The highest BCUT2D eigenvalue weighted by molar-refractivity contribution is 6.04. The van der Waals surface area contributed by atoms with Gasteiger partial charge in [0.15, 0.2) is 0 Å². The van der Waals surface area contributed by atoms with Gasteiger partial charge in [-0.25, -0.2) is 0 Å². The molecule has 0 aliphatic heterocycles. The van der Waals surface area contributed by atoms with Gasteiger partial charge >= 0.3 is 0 Å². The second kappa shape index (κ2) is 11.9. The minimum Gasteiger partial charge on any atom is -0.337 e. The van der Waals surface area contributed by atoms with Crippen molar-refractivity contribution in [2.75, 3.05) is 9.80 Å². The number of hydrogen-bond donors (Lipinski definition) is 0. The highest BCUT2D eigenvalue weighted by Gasteiger charge is 2.36. The van der Waals surface area contributed by atoms with E-state index in [4.69, 9.17) is 0 Å². The number of para-hydroxylation sites is 2. The van der Waals surface area contributed by atoms with E-state index in [0.717, 1.165) is 17.8 Å². The molecule has 46 heavy (non-hydrogen) atoms. The van der Waals surface area contributed by atoms with Gasteiger partial charge in [0.25, 0.3) is 0 Å². The third-order valence-corrected chi connectivity index (χ3v) is 9.68. The standard InChI is InChI=1S/C44H38N2/c1-31-21-25-35(26-22-31)45(33-13-5-3-6-14-33)43-29-41-38-18-10-12-20-40(38)44(30-42(41)37-17-9-11-19-39(37)43)46(34-15-7-4-8-16-34)36-27-23-32(2)24-28-36/h3-27,29-30,36,38,40H,28H2,1-2H3. The summed E-state index contributed by atoms with van der Waals surface area (Å²) in [5, 5.41) is 2.53. The Hall–Kier alpha value is -5.34. The molecule has 0 N–H and O–H groups in total. The molecule has 0 radical (unpaired) electrons. The fourth-order valence-electron chi connectivity index (χ4n) is 7.41. The number of allylic oxidation sites excluding steroid dienone is 6. The Bertz CT molecular complexity index is 2040. The monoisotopic (exact) mass is 594 g/mol. The third kappa shape index (κ3) is 5.01. The molecule has 3 aliphatic carbocycles. The average molecular weight is 595 g/mol. The summed E-state index contributed by atoms with van der Waals surface area (Å²) in [6.07, 6.45) is 19.8. The Morgan fingerprint density at radius 1 is 0.609 bits per heavy atom. The van der Waals surface area contributed by atoms with E-state index in [1.807, 2.05) is 0 Å². The molecule has 3 unspecified atom stereocenters. The molecule has 5 aromatic rings. The van der Waals surface area contributed by atoms with E-state index in [2.05, 4.69) is 188 Å². The second-order valence-electron chi connectivity index (χ2n) is 12.7. The van der Waals surface area contributed by atoms with Gasteiger partial charge in [-0.2, -0.15) is 0 Å². The lowest BCUT2D eigenvalue weighted by Gasteiger charge is -2.43. The Morgan fingerprint density at radius 2 is 1.24 bits per heavy atom. The number of nitrogens with zero attached hydrogens (tertiary/aromatic N) is 2. The lowest BCUT2D eigenvalue weighted by molar-refractivity contribution is 0.602. The molecule has 8 rings (SSSR count). The number of anilines is 4. The minimum atomic E-state index is 0.218. The molecule has 3 aliphatic rings. The number of aryl methyl sites for hydroxylation is 1. The van der Waals surface area contributed by atoms with Gasteiger partial charge in [0.05, 0.1) is 11.7 Å². The van der Waals surface area contributed by atoms with Crippen LogP contribution in [-0.2, 0) is 0 Å². The summed E-state index contributed by atoms with van der Waals surface area (Å²) in [6, 6.07) is 42.3. The van der Waals surface area contributed by atoms with Gasteiger partial charge in [-0.05, 0) is 85.3 Å². The summed E-state index contributed by atoms with van der Waals surface area (Å²) in [7, 11) is 0. The van der Waals surface area contributed by atoms with Crippen molar-refractivity contribution in [3.8, 4) is 0 Å². The van der Waals surface area contributed by atoms with E-state index in [-0.39, 0.29) is 17.9 Å². The van der Waals surface area contributed by atoms with Crippen molar-refractivity contribution in [2.45, 2.75) is 32.2 Å². The van der Waals surface area contributed by atoms with Gasteiger partial charge in [0, 0.05) is 40.0 Å². The van der Waals surface area contributed by atoms with Gasteiger partial charge in [-0.15, -0.1) is 0 Å². The SMILES string of the molecule is CC1=CCC(N(C2=Cc3c(cc(N(c4ccccc4)c4ccc(C)cc4)c4ccccc34)C3C=CC=CC23)c2ccccc2)C=C1. The molecule has 0 amide bonds. The third-order valence-electron chi connectivity index (χ3n) is 9.68. The Kier molecular flexibility index (Phi) is 7.27. The van der Waals surface area contributed by atoms with E-state index < -0.39 is 0 Å². The van der Waals surface area contributed by atoms with E-state index in [0.29, 0.717) is 0 Å². The summed E-state index contributed by atoms with van der Waals surface area (Å²) >= 11 is 0. The molecule has 0 aromatic heterocycles. The van der Waals surface area contributed by atoms with Crippen LogP contribution in [0.25, 0.3) is 16.8 Å². The number of rotatable bonds is 6. The van der Waals surface area contributed by atoms with Gasteiger partial charge in [0.2, 0.25) is 0 Å². The van der Waals surface area contributed by atoms with Crippen LogP contribution in [0.1, 0.15) is 36.0 Å². The first-order chi connectivity index (χ1) is 22.7. The fraction of sp³-hybridized carbons (Fsp3) is 0.136. The summed E-state index contributed by atoms with van der Waals surface area (Å²) in [6.45, 7) is 4.34. The maximum atomic E-state index is 2.59. The van der Waals surface area contributed by atoms with Crippen LogP contribution in [0.5, 0.6) is 0 Å². The van der Waals surface area contributed by atoms with Crippen molar-refractivity contribution >= 4 is 39.6 Å². The molecule has 0 saturated carbocycles. The van der Waals surface area contributed by atoms with Crippen LogP contribution in [0.3, 0.4) is 0 Å². The highest BCUT2D eigenvalue weighted by atomic mass is 15.2. The Balaban J connectivity index is 1.37. The smallest absolute Gasteiger partial charge is 0.0557 e. The van der Waals surface area contributed by atoms with Crippen LogP contribution in [0.2, 0.25) is 0 Å². The van der Waals surface area contributed by atoms with Crippen LogP contribution < -0.4 is 9.80 Å². The van der Waals surface area contributed by atoms with Crippen molar-refractivity contribution in [1.29, 1.82) is 0 Å². The molecule has 2 heteroatoms. The topological polar surface area (TPSA) is 6.48 Å². The second-order valence-corrected chi connectivity index (χ2v) is 12.7. The zero-order valence-corrected chi connectivity index (χ0v) is 26.4. The summed E-state index contributed by atoms with van der Waals surface area (Å²) in [5.41, 5.74) is 11.4. The van der Waals surface area contributed by atoms with E-state index in [1.165, 1.54) is 50.1 Å². The molecule has 0 saturated heterocycles. The Labute approximate surface area is 272 Å². The van der Waals surface area contributed by atoms with Crippen LogP contribution in [0.15, 0.2) is 169 Å². The van der Waals surface area contributed by atoms with Crippen LogP contribution in [0.4, 0.5) is 22.7 Å². The molecule has 2 nitrogen and oxygen atoms in total. The fourth-order valence-corrected chi connectivity index (χ4v) is 7.41. The molecule has 0 spiro atoms. The van der Waals surface area contributed by atoms with E-state index >= 15 is 0 Å². The largest absolute Gasteiger partial charge is 0.337 e. The van der Waals surface area contributed by atoms with E-state index in [9.17, 15) is 0 Å². The zero-order valence-electron chi connectivity index (χ0n) is 26.4. The molecular weight excluding hydrogens is 556 g/mol. The number of hydrogen-bond acceptors (Lipinski definition) is 2. The first kappa shape index (κ1) is 28.2. The maximum Gasteiger partial charge on any atom is 0.0557 e. The first-order valence-corrected chi connectivity index (χ1v) is 16.4. The van der Waals surface area contributed by atoms with Gasteiger partial charge in [-0.1, -0.05) is 126 Å². The van der Waals surface area contributed by atoms with Crippen LogP contribution in [-0.4, -0.2) is 6.04 Å². The summed E-state index contributed by atoms with van der Waals surface area (Å²) in [4.78, 5) is 5.02. The predicted molar refractivity (Wildman–Crippen MR) is 196 cm³/mol. The van der Waals surface area contributed by atoms with Crippen molar-refractivity contribution < 1.29 is 0 Å². The number of fused-ring (bicyclic) bond motifs is 5. The van der Waals surface area contributed by atoms with Crippen molar-refractivity contribution in [2.24, 2.45) is 5.92 Å². The lowest BCUT2D eigenvalue weighted by Crippen LogP contribution is -2.38. The van der Waals surface area contributed by atoms with E-state index in [1.54, 1.807) is 0 Å². The normalized spacial score (nSPS) is 19.7. The van der Waals surface area contributed by atoms with Crippen molar-refractivity contribution in [3.05, 3.63) is 186 Å². The van der Waals surface area contributed by atoms with Gasteiger partial charge < -0.3 is 9.80 Å². The summed E-state index contributed by atoms with van der Waals surface area (Å²) < 4.78 is 0. The lowest BCUT2D eigenvalue weighted by atomic mass is 9.73. The molecule has 5 aromatic carbocycles. The van der Waals surface area contributed by atoms with Gasteiger partial charge in [0.1, 0.15) is 0 Å². The zero-order chi connectivity index (χ0) is 31.0. The van der Waals surface area contributed by atoms with Gasteiger partial charge in [-0.3, -0.25) is 0 Å². The molecule has 224 valence electrons. The Morgan fingerprint density at radius 3 is 1.93 bits per heavy atom.